The van der Waals surface area contributed by atoms with Gasteiger partial charge in [-0.3, -0.25) is 4.98 Å². The van der Waals surface area contributed by atoms with Crippen LogP contribution in [0.1, 0.15) is 0 Å². The van der Waals surface area contributed by atoms with Crippen LogP contribution in [-0.4, -0.2) is 4.98 Å². The third-order valence-corrected chi connectivity index (χ3v) is 8.40. The number of fused-ring (bicyclic) bond motifs is 7. The van der Waals surface area contributed by atoms with Gasteiger partial charge in [-0.1, -0.05) is 109 Å². The van der Waals surface area contributed by atoms with Gasteiger partial charge in [-0.05, 0) is 87.9 Å². The summed E-state index contributed by atoms with van der Waals surface area (Å²) in [7, 11) is 0. The van der Waals surface area contributed by atoms with E-state index in [0.29, 0.717) is 0 Å². The monoisotopic (exact) mass is 479 g/mol. The fraction of sp³-hybridized carbons (Fsp3) is 0. The van der Waals surface area contributed by atoms with E-state index in [9.17, 15) is 0 Å². The summed E-state index contributed by atoms with van der Waals surface area (Å²) in [5.74, 6) is 0. The van der Waals surface area contributed by atoms with E-state index in [0.717, 1.165) is 5.69 Å². The highest BCUT2D eigenvalue weighted by Gasteiger charge is 2.25. The Morgan fingerprint density at radius 2 is 0.974 bits per heavy atom. The van der Waals surface area contributed by atoms with Crippen LogP contribution in [0.5, 0.6) is 0 Å². The molecule has 0 N–H and O–H groups in total. The molecule has 1 heteroatoms. The Morgan fingerprint density at radius 1 is 0.342 bits per heavy atom. The average molecular weight is 480 g/mol. The second-order valence-corrected chi connectivity index (χ2v) is 10.2. The van der Waals surface area contributed by atoms with Gasteiger partial charge in [-0.25, -0.2) is 0 Å². The minimum Gasteiger partial charge on any atom is -0.256 e. The number of hydrogen-bond acceptors (Lipinski definition) is 1. The lowest BCUT2D eigenvalue weighted by molar-refractivity contribution is 1.33. The van der Waals surface area contributed by atoms with Gasteiger partial charge >= 0.3 is 0 Å². The molecule has 0 aliphatic carbocycles. The smallest absolute Gasteiger partial charge is 0.0708 e. The van der Waals surface area contributed by atoms with Crippen LogP contribution in [0.25, 0.3) is 87.0 Å². The number of pyridine rings is 1. The largest absolute Gasteiger partial charge is 0.256 e. The first-order valence-corrected chi connectivity index (χ1v) is 13.2. The number of aromatic nitrogens is 1. The maximum absolute atomic E-state index is 4.71. The fourth-order valence-electron chi connectivity index (χ4n) is 6.98. The number of benzene rings is 6. The summed E-state index contributed by atoms with van der Waals surface area (Å²) in [4.78, 5) is 4.71. The SMILES string of the molecule is c1ccc(-c2c3cccc4c5ccccc5c(c34)c3c4ccc(-c5ccccn5)c5cccc(c23)c54)cc1. The minimum absolute atomic E-state index is 1.01. The lowest BCUT2D eigenvalue weighted by atomic mass is 9.90. The van der Waals surface area contributed by atoms with E-state index < -0.39 is 0 Å². The van der Waals surface area contributed by atoms with E-state index in [-0.39, 0.29) is 0 Å². The molecule has 9 rings (SSSR count). The van der Waals surface area contributed by atoms with Crippen molar-refractivity contribution >= 4 is 64.6 Å². The standard InChI is InChI=1S/C37H21N/c1-2-10-22(11-3-1)32-28-16-8-14-25-23-12-4-5-13-26(23)35(34(25)28)37-30-20-19-24(31-18-6-7-21-38-31)27-15-9-17-29(33(27)30)36(32)37/h1-21H. The van der Waals surface area contributed by atoms with Crippen molar-refractivity contribution in [3.05, 3.63) is 128 Å². The van der Waals surface area contributed by atoms with E-state index in [1.807, 2.05) is 12.3 Å². The summed E-state index contributed by atoms with van der Waals surface area (Å²) in [6.45, 7) is 0. The van der Waals surface area contributed by atoms with Crippen molar-refractivity contribution in [3.63, 3.8) is 0 Å². The maximum Gasteiger partial charge on any atom is 0.0708 e. The fourth-order valence-corrected chi connectivity index (χ4v) is 6.98. The highest BCUT2D eigenvalue weighted by molar-refractivity contribution is 6.48. The molecule has 0 saturated heterocycles. The van der Waals surface area contributed by atoms with E-state index in [2.05, 4.69) is 115 Å². The molecule has 38 heavy (non-hydrogen) atoms. The molecular weight excluding hydrogens is 458 g/mol. The molecule has 8 aromatic carbocycles. The highest BCUT2D eigenvalue weighted by atomic mass is 14.7. The molecule has 0 unspecified atom stereocenters. The molecule has 0 aliphatic rings. The first-order valence-electron chi connectivity index (χ1n) is 13.2. The second kappa shape index (κ2) is 7.27. The molecule has 0 amide bonds. The summed E-state index contributed by atoms with van der Waals surface area (Å²) in [5.41, 5.74) is 4.79. The molecule has 1 nitrogen and oxygen atoms in total. The zero-order chi connectivity index (χ0) is 24.8. The molecule has 1 heterocycles. The third kappa shape index (κ3) is 2.43. The molecule has 0 spiro atoms. The van der Waals surface area contributed by atoms with Gasteiger partial charge in [0.15, 0.2) is 0 Å². The Morgan fingerprint density at radius 3 is 1.82 bits per heavy atom. The van der Waals surface area contributed by atoms with Crippen molar-refractivity contribution in [2.45, 2.75) is 0 Å². The highest BCUT2D eigenvalue weighted by Crippen LogP contribution is 2.53. The van der Waals surface area contributed by atoms with Gasteiger partial charge in [0.1, 0.15) is 0 Å². The topological polar surface area (TPSA) is 12.9 Å². The van der Waals surface area contributed by atoms with Crippen LogP contribution < -0.4 is 0 Å². The van der Waals surface area contributed by atoms with E-state index in [1.165, 1.54) is 81.3 Å². The van der Waals surface area contributed by atoms with Gasteiger partial charge in [-0.2, -0.15) is 0 Å². The van der Waals surface area contributed by atoms with Crippen molar-refractivity contribution in [2.75, 3.05) is 0 Å². The van der Waals surface area contributed by atoms with Crippen molar-refractivity contribution in [3.8, 4) is 22.4 Å². The van der Waals surface area contributed by atoms with Crippen molar-refractivity contribution in [2.24, 2.45) is 0 Å². The first kappa shape index (κ1) is 20.1. The van der Waals surface area contributed by atoms with Crippen molar-refractivity contribution in [1.29, 1.82) is 0 Å². The molecule has 0 fully saturated rings. The van der Waals surface area contributed by atoms with E-state index >= 15 is 0 Å². The molecule has 0 saturated carbocycles. The predicted octanol–water partition coefficient (Wildman–Crippen LogP) is 10.2. The van der Waals surface area contributed by atoms with Crippen molar-refractivity contribution in [1.82, 2.24) is 4.98 Å². The first-order chi connectivity index (χ1) is 18.9. The Balaban J connectivity index is 1.62. The molecule has 9 aromatic rings. The molecule has 0 radical (unpaired) electrons. The third-order valence-electron chi connectivity index (χ3n) is 8.40. The zero-order valence-corrected chi connectivity index (χ0v) is 20.6. The van der Waals surface area contributed by atoms with Crippen LogP contribution in [0.3, 0.4) is 0 Å². The van der Waals surface area contributed by atoms with Crippen LogP contribution >= 0.6 is 0 Å². The van der Waals surface area contributed by atoms with Crippen LogP contribution in [0.15, 0.2) is 128 Å². The summed E-state index contributed by atoms with van der Waals surface area (Å²) in [6, 6.07) is 44.2. The molecule has 174 valence electrons. The summed E-state index contributed by atoms with van der Waals surface area (Å²) < 4.78 is 0. The Labute approximate surface area is 219 Å². The van der Waals surface area contributed by atoms with E-state index in [4.69, 9.17) is 4.98 Å². The number of rotatable bonds is 2. The lowest BCUT2D eigenvalue weighted by Gasteiger charge is -2.12. The zero-order valence-electron chi connectivity index (χ0n) is 20.6. The molecule has 0 aliphatic heterocycles. The van der Waals surface area contributed by atoms with Crippen LogP contribution in [-0.2, 0) is 0 Å². The van der Waals surface area contributed by atoms with Crippen LogP contribution in [0, 0.1) is 0 Å². The van der Waals surface area contributed by atoms with Gasteiger partial charge in [0, 0.05) is 11.8 Å². The summed E-state index contributed by atoms with van der Waals surface area (Å²) in [6.07, 6.45) is 1.88. The van der Waals surface area contributed by atoms with E-state index in [1.54, 1.807) is 0 Å². The average Bonchev–Trinajstić information content (AvgIpc) is 3.50. The normalized spacial score (nSPS) is 12.2. The Kier molecular flexibility index (Phi) is 3.85. The quantitative estimate of drug-likeness (QED) is 0.240. The summed E-state index contributed by atoms with van der Waals surface area (Å²) >= 11 is 0. The number of hydrogen-bond donors (Lipinski definition) is 0. The summed E-state index contributed by atoms with van der Waals surface area (Å²) in [5, 5.41) is 16.0. The van der Waals surface area contributed by atoms with Gasteiger partial charge in [0.2, 0.25) is 0 Å². The van der Waals surface area contributed by atoms with Gasteiger partial charge < -0.3 is 0 Å². The van der Waals surface area contributed by atoms with Gasteiger partial charge in [0.25, 0.3) is 0 Å². The molecule has 0 atom stereocenters. The van der Waals surface area contributed by atoms with Gasteiger partial charge in [0.05, 0.1) is 5.69 Å². The Hall–Kier alpha value is -5.01. The molecular formula is C37H21N. The minimum atomic E-state index is 1.01. The van der Waals surface area contributed by atoms with Crippen LogP contribution in [0.2, 0.25) is 0 Å². The Bertz CT molecular complexity index is 2320. The van der Waals surface area contributed by atoms with Crippen LogP contribution in [0.4, 0.5) is 0 Å². The number of nitrogens with zero attached hydrogens (tertiary/aromatic N) is 1. The van der Waals surface area contributed by atoms with Gasteiger partial charge in [-0.15, -0.1) is 0 Å². The second-order valence-electron chi connectivity index (χ2n) is 10.2. The molecule has 1 aromatic heterocycles. The maximum atomic E-state index is 4.71. The van der Waals surface area contributed by atoms with Crippen molar-refractivity contribution < 1.29 is 0 Å². The lowest BCUT2D eigenvalue weighted by Crippen LogP contribution is -1.84. The predicted molar refractivity (Wildman–Crippen MR) is 163 cm³/mol. The molecule has 0 bridgehead atoms.